The van der Waals surface area contributed by atoms with Gasteiger partial charge in [0.1, 0.15) is 12.1 Å². The maximum absolute atomic E-state index is 12.9. The molecule has 21 heavy (non-hydrogen) atoms. The average molecular weight is 310 g/mol. The van der Waals surface area contributed by atoms with Crippen LogP contribution in [-0.2, 0) is 12.7 Å². The highest BCUT2D eigenvalue weighted by Crippen LogP contribution is 2.32. The molecular formula is C13H9F3N4S. The van der Waals surface area contributed by atoms with E-state index in [1.807, 2.05) is 11.4 Å². The summed E-state index contributed by atoms with van der Waals surface area (Å²) in [5, 5.41) is 4.78. The van der Waals surface area contributed by atoms with E-state index in [2.05, 4.69) is 20.3 Å². The van der Waals surface area contributed by atoms with Crippen molar-refractivity contribution >= 4 is 27.4 Å². The smallest absolute Gasteiger partial charge is 0.365 e. The van der Waals surface area contributed by atoms with Crippen LogP contribution in [-0.4, -0.2) is 15.0 Å². The fourth-order valence-electron chi connectivity index (χ4n) is 1.94. The lowest BCUT2D eigenvalue weighted by molar-refractivity contribution is -0.138. The Balaban J connectivity index is 1.87. The van der Waals surface area contributed by atoms with Crippen molar-refractivity contribution in [1.82, 2.24) is 15.0 Å². The van der Waals surface area contributed by atoms with Crippen molar-refractivity contribution in [1.29, 1.82) is 0 Å². The van der Waals surface area contributed by atoms with Crippen molar-refractivity contribution in [3.05, 3.63) is 47.4 Å². The Kier molecular flexibility index (Phi) is 3.46. The van der Waals surface area contributed by atoms with Crippen LogP contribution in [0.15, 0.2) is 36.2 Å². The van der Waals surface area contributed by atoms with Crippen LogP contribution in [0.25, 0.3) is 10.2 Å². The van der Waals surface area contributed by atoms with Crippen molar-refractivity contribution in [2.24, 2.45) is 0 Å². The molecule has 0 fully saturated rings. The molecule has 0 aliphatic heterocycles. The largest absolute Gasteiger partial charge is 0.416 e. The number of anilines is 1. The Bertz CT molecular complexity index is 769. The molecule has 0 aliphatic carbocycles. The van der Waals surface area contributed by atoms with Gasteiger partial charge in [0.15, 0.2) is 0 Å². The summed E-state index contributed by atoms with van der Waals surface area (Å²) in [4.78, 5) is 11.9. The van der Waals surface area contributed by atoms with Crippen molar-refractivity contribution in [3.8, 4) is 0 Å². The third-order valence-corrected chi connectivity index (χ3v) is 3.81. The SMILES string of the molecule is FC(F)(F)c1ccncc1CNc1ncnc2ccsc12. The summed E-state index contributed by atoms with van der Waals surface area (Å²) in [6, 6.07) is 2.80. The lowest BCUT2D eigenvalue weighted by Gasteiger charge is -2.13. The van der Waals surface area contributed by atoms with Gasteiger partial charge in [-0.05, 0) is 17.5 Å². The monoisotopic (exact) mass is 310 g/mol. The van der Waals surface area contributed by atoms with Gasteiger partial charge in [0.25, 0.3) is 0 Å². The number of halogens is 3. The second kappa shape index (κ2) is 5.28. The van der Waals surface area contributed by atoms with Gasteiger partial charge in [0, 0.05) is 24.5 Å². The number of aromatic nitrogens is 3. The number of nitrogens with one attached hydrogen (secondary N) is 1. The molecule has 0 bridgehead atoms. The van der Waals surface area contributed by atoms with Crippen LogP contribution in [0.1, 0.15) is 11.1 Å². The molecule has 0 radical (unpaired) electrons. The Labute approximate surface area is 121 Å². The number of pyridine rings is 1. The number of thiophene rings is 1. The predicted molar refractivity (Wildman–Crippen MR) is 74.0 cm³/mol. The summed E-state index contributed by atoms with van der Waals surface area (Å²) in [6.45, 7) is -0.00725. The number of hydrogen-bond acceptors (Lipinski definition) is 5. The zero-order chi connectivity index (χ0) is 14.9. The van der Waals surface area contributed by atoms with Gasteiger partial charge >= 0.3 is 6.18 Å². The maximum atomic E-state index is 12.9. The number of nitrogens with zero attached hydrogens (tertiary/aromatic N) is 3. The quantitative estimate of drug-likeness (QED) is 0.801. The second-order valence-corrected chi connectivity index (χ2v) is 5.16. The van der Waals surface area contributed by atoms with E-state index in [1.54, 1.807) is 0 Å². The van der Waals surface area contributed by atoms with Gasteiger partial charge < -0.3 is 5.32 Å². The fraction of sp³-hybridized carbons (Fsp3) is 0.154. The van der Waals surface area contributed by atoms with Crippen LogP contribution in [0.2, 0.25) is 0 Å². The van der Waals surface area contributed by atoms with Crippen LogP contribution < -0.4 is 5.32 Å². The number of hydrogen-bond donors (Lipinski definition) is 1. The standard InChI is InChI=1S/C13H9F3N4S/c14-13(15,16)9-1-3-17-5-8(9)6-18-12-11-10(2-4-21-11)19-7-20-12/h1-5,7H,6H2,(H,18,19,20). The van der Waals surface area contributed by atoms with Gasteiger partial charge in [-0.15, -0.1) is 11.3 Å². The first-order valence-electron chi connectivity index (χ1n) is 5.98. The van der Waals surface area contributed by atoms with E-state index in [9.17, 15) is 13.2 Å². The molecule has 0 atom stereocenters. The number of rotatable bonds is 3. The van der Waals surface area contributed by atoms with Gasteiger partial charge in [-0.25, -0.2) is 9.97 Å². The van der Waals surface area contributed by atoms with E-state index in [0.29, 0.717) is 5.82 Å². The number of fused-ring (bicyclic) bond motifs is 1. The lowest BCUT2D eigenvalue weighted by Crippen LogP contribution is -2.12. The Morgan fingerprint density at radius 3 is 2.86 bits per heavy atom. The van der Waals surface area contributed by atoms with Crippen molar-refractivity contribution in [2.45, 2.75) is 12.7 Å². The Hall–Kier alpha value is -2.22. The maximum Gasteiger partial charge on any atom is 0.416 e. The van der Waals surface area contributed by atoms with Gasteiger partial charge in [-0.2, -0.15) is 13.2 Å². The molecule has 0 spiro atoms. The van der Waals surface area contributed by atoms with E-state index < -0.39 is 11.7 Å². The van der Waals surface area contributed by atoms with Crippen LogP contribution in [0.5, 0.6) is 0 Å². The van der Waals surface area contributed by atoms with E-state index in [0.717, 1.165) is 22.5 Å². The summed E-state index contributed by atoms with van der Waals surface area (Å²) in [5.74, 6) is 0.520. The van der Waals surface area contributed by atoms with Crippen LogP contribution in [0.3, 0.4) is 0 Å². The topological polar surface area (TPSA) is 50.7 Å². The highest BCUT2D eigenvalue weighted by atomic mass is 32.1. The molecule has 0 unspecified atom stereocenters. The Morgan fingerprint density at radius 1 is 1.19 bits per heavy atom. The van der Waals surface area contributed by atoms with Crippen molar-refractivity contribution in [3.63, 3.8) is 0 Å². The lowest BCUT2D eigenvalue weighted by atomic mass is 10.1. The summed E-state index contributed by atoms with van der Waals surface area (Å²) in [7, 11) is 0. The molecule has 0 amide bonds. The first-order valence-corrected chi connectivity index (χ1v) is 6.86. The molecule has 108 valence electrons. The van der Waals surface area contributed by atoms with Gasteiger partial charge in [0.2, 0.25) is 0 Å². The molecule has 0 saturated carbocycles. The highest BCUT2D eigenvalue weighted by Gasteiger charge is 2.33. The second-order valence-electron chi connectivity index (χ2n) is 4.24. The normalized spacial score (nSPS) is 11.8. The molecular weight excluding hydrogens is 301 g/mol. The predicted octanol–water partition coefficient (Wildman–Crippen LogP) is 3.72. The molecule has 8 heteroatoms. The third-order valence-electron chi connectivity index (χ3n) is 2.90. The van der Waals surface area contributed by atoms with Gasteiger partial charge in [0.05, 0.1) is 15.8 Å². The molecule has 0 aromatic carbocycles. The van der Waals surface area contributed by atoms with E-state index in [-0.39, 0.29) is 12.1 Å². The summed E-state index contributed by atoms with van der Waals surface area (Å²) in [5.41, 5.74) is 0.148. The minimum Gasteiger partial charge on any atom is -0.365 e. The van der Waals surface area contributed by atoms with E-state index >= 15 is 0 Å². The van der Waals surface area contributed by atoms with Crippen LogP contribution in [0.4, 0.5) is 19.0 Å². The zero-order valence-electron chi connectivity index (χ0n) is 10.6. The van der Waals surface area contributed by atoms with Crippen LogP contribution in [0, 0.1) is 0 Å². The van der Waals surface area contributed by atoms with E-state index in [1.165, 1.54) is 23.9 Å². The molecule has 3 aromatic rings. The first-order chi connectivity index (χ1) is 10.1. The summed E-state index contributed by atoms with van der Waals surface area (Å²) >= 11 is 1.43. The fourth-order valence-corrected chi connectivity index (χ4v) is 2.75. The zero-order valence-corrected chi connectivity index (χ0v) is 11.4. The number of alkyl halides is 3. The molecule has 3 aromatic heterocycles. The minimum atomic E-state index is -4.40. The summed E-state index contributed by atoms with van der Waals surface area (Å²) < 4.78 is 39.5. The molecule has 0 saturated heterocycles. The minimum absolute atomic E-state index is 0.00725. The third kappa shape index (κ3) is 2.80. The molecule has 3 rings (SSSR count). The van der Waals surface area contributed by atoms with Gasteiger partial charge in [-0.3, -0.25) is 4.98 Å². The van der Waals surface area contributed by atoms with Crippen LogP contribution >= 0.6 is 11.3 Å². The van der Waals surface area contributed by atoms with Gasteiger partial charge in [-0.1, -0.05) is 0 Å². The molecule has 4 nitrogen and oxygen atoms in total. The molecule has 1 N–H and O–H groups in total. The highest BCUT2D eigenvalue weighted by molar-refractivity contribution is 7.17. The first kappa shape index (κ1) is 13.7. The van der Waals surface area contributed by atoms with Crippen molar-refractivity contribution in [2.75, 3.05) is 5.32 Å². The average Bonchev–Trinajstić information content (AvgIpc) is 2.93. The Morgan fingerprint density at radius 2 is 2.05 bits per heavy atom. The molecule has 0 aliphatic rings. The summed E-state index contributed by atoms with van der Waals surface area (Å²) in [6.07, 6.45) is -0.674. The molecule has 3 heterocycles. The van der Waals surface area contributed by atoms with E-state index in [4.69, 9.17) is 0 Å². The van der Waals surface area contributed by atoms with Crippen molar-refractivity contribution < 1.29 is 13.2 Å².